The molecule has 0 radical (unpaired) electrons. The van der Waals surface area contributed by atoms with Gasteiger partial charge in [-0.15, -0.1) is 0 Å². The van der Waals surface area contributed by atoms with Gasteiger partial charge < -0.3 is 0 Å². The Hall–Kier alpha value is -2.90. The first-order valence-corrected chi connectivity index (χ1v) is 10.3. The fraction of sp³-hybridized carbons (Fsp3) is 0.125. The van der Waals surface area contributed by atoms with Crippen LogP contribution in [0.5, 0.6) is 0 Å². The maximum atomic E-state index is 13.3. The van der Waals surface area contributed by atoms with Crippen LogP contribution in [0.3, 0.4) is 0 Å². The summed E-state index contributed by atoms with van der Waals surface area (Å²) in [5.74, 6) is 0. The third-order valence-corrected chi connectivity index (χ3v) is 6.40. The van der Waals surface area contributed by atoms with Gasteiger partial charge in [-0.1, -0.05) is 71.3 Å². The highest BCUT2D eigenvalue weighted by atomic mass is 31.1. The van der Waals surface area contributed by atoms with E-state index in [1.807, 2.05) is 39.0 Å². The van der Waals surface area contributed by atoms with E-state index in [4.69, 9.17) is 0 Å². The molecule has 28 heavy (non-hydrogen) atoms. The third-order valence-electron chi connectivity index (χ3n) is 4.40. The minimum Gasteiger partial charge on any atom is -0.288 e. The van der Waals surface area contributed by atoms with Crippen molar-refractivity contribution in [3.8, 4) is 0 Å². The number of aryl methyl sites for hydroxylation is 3. The molecule has 4 heteroatoms. The van der Waals surface area contributed by atoms with E-state index in [9.17, 15) is 14.4 Å². The molecule has 140 valence electrons. The van der Waals surface area contributed by atoms with E-state index in [1.54, 1.807) is 54.6 Å². The molecule has 0 aliphatic rings. The molecule has 3 aromatic rings. The Kier molecular flexibility index (Phi) is 5.96. The largest absolute Gasteiger partial charge is 0.288 e. The van der Waals surface area contributed by atoms with Gasteiger partial charge in [-0.2, -0.15) is 0 Å². The molecule has 0 atom stereocenters. The van der Waals surface area contributed by atoms with Gasteiger partial charge in [0.2, 0.25) is 0 Å². The first-order chi connectivity index (χ1) is 13.4. The molecule has 0 saturated heterocycles. The molecule has 3 nitrogen and oxygen atoms in total. The van der Waals surface area contributed by atoms with Crippen molar-refractivity contribution >= 4 is 24.5 Å². The molecular formula is C24H21O3P. The van der Waals surface area contributed by atoms with Crippen LogP contribution in [-0.2, 0) is 0 Å². The van der Waals surface area contributed by atoms with E-state index in [0.717, 1.165) is 16.7 Å². The number of hydrogen-bond donors (Lipinski definition) is 0. The first kappa shape index (κ1) is 19.9. The molecular weight excluding hydrogens is 367 g/mol. The summed E-state index contributed by atoms with van der Waals surface area (Å²) in [6.07, 6.45) is 0. The third kappa shape index (κ3) is 4.32. The average Bonchev–Trinajstić information content (AvgIpc) is 2.68. The molecule has 3 aromatic carbocycles. The molecule has 0 heterocycles. The number of carbonyl (C=O) groups is 3. The number of carbonyl (C=O) groups excluding carboxylic acids is 3. The van der Waals surface area contributed by atoms with Gasteiger partial charge in [0, 0.05) is 16.7 Å². The summed E-state index contributed by atoms with van der Waals surface area (Å²) in [5, 5.41) is 0. The topological polar surface area (TPSA) is 51.2 Å². The Morgan fingerprint density at radius 3 is 1.07 bits per heavy atom. The van der Waals surface area contributed by atoms with Crippen LogP contribution in [-0.4, -0.2) is 16.6 Å². The van der Waals surface area contributed by atoms with Crippen LogP contribution in [0.4, 0.5) is 0 Å². The van der Waals surface area contributed by atoms with Gasteiger partial charge in [-0.3, -0.25) is 14.4 Å². The second kappa shape index (κ2) is 8.41. The summed E-state index contributed by atoms with van der Waals surface area (Å²) < 4.78 is 0. The number of hydrogen-bond acceptors (Lipinski definition) is 3. The average molecular weight is 388 g/mol. The Morgan fingerprint density at radius 2 is 0.821 bits per heavy atom. The normalized spacial score (nSPS) is 10.7. The molecule has 0 aromatic heterocycles. The highest BCUT2D eigenvalue weighted by molar-refractivity contribution is 8.03. The van der Waals surface area contributed by atoms with Gasteiger partial charge in [0.05, 0.1) is 0 Å². The highest BCUT2D eigenvalue weighted by Gasteiger charge is 2.36. The predicted octanol–water partition coefficient (Wildman–Crippen LogP) is 5.91. The maximum absolute atomic E-state index is 13.3. The first-order valence-electron chi connectivity index (χ1n) is 9.00. The number of rotatable bonds is 6. The zero-order chi connectivity index (χ0) is 20.3. The fourth-order valence-electron chi connectivity index (χ4n) is 3.00. The van der Waals surface area contributed by atoms with Crippen LogP contribution in [0.2, 0.25) is 0 Å². The highest BCUT2D eigenvalue weighted by Crippen LogP contribution is 2.46. The van der Waals surface area contributed by atoms with Gasteiger partial charge in [0.15, 0.2) is 16.6 Å². The van der Waals surface area contributed by atoms with Crippen LogP contribution in [0, 0.1) is 20.8 Å². The van der Waals surface area contributed by atoms with E-state index >= 15 is 0 Å². The van der Waals surface area contributed by atoms with Crippen LogP contribution < -0.4 is 0 Å². The second-order valence-electron chi connectivity index (χ2n) is 6.86. The van der Waals surface area contributed by atoms with Crippen molar-refractivity contribution in [3.63, 3.8) is 0 Å². The smallest absolute Gasteiger partial charge is 0.200 e. The lowest BCUT2D eigenvalue weighted by Crippen LogP contribution is -2.14. The van der Waals surface area contributed by atoms with Crippen molar-refractivity contribution in [1.82, 2.24) is 0 Å². The maximum Gasteiger partial charge on any atom is 0.200 e. The van der Waals surface area contributed by atoms with Gasteiger partial charge in [-0.25, -0.2) is 0 Å². The zero-order valence-corrected chi connectivity index (χ0v) is 17.0. The minimum atomic E-state index is -2.23. The van der Waals surface area contributed by atoms with Crippen molar-refractivity contribution < 1.29 is 14.4 Å². The Morgan fingerprint density at radius 1 is 0.536 bits per heavy atom. The monoisotopic (exact) mass is 388 g/mol. The molecule has 0 unspecified atom stereocenters. The predicted molar refractivity (Wildman–Crippen MR) is 113 cm³/mol. The van der Waals surface area contributed by atoms with Gasteiger partial charge in [-0.05, 0) is 39.0 Å². The summed E-state index contributed by atoms with van der Waals surface area (Å²) in [6, 6.07) is 21.1. The van der Waals surface area contributed by atoms with E-state index in [-0.39, 0.29) is 0 Å². The van der Waals surface area contributed by atoms with Gasteiger partial charge in [0.25, 0.3) is 0 Å². The fourth-order valence-corrected chi connectivity index (χ4v) is 4.74. The molecule has 0 spiro atoms. The van der Waals surface area contributed by atoms with E-state index < -0.39 is 24.5 Å². The Labute approximate surface area is 166 Å². The summed E-state index contributed by atoms with van der Waals surface area (Å²) in [4.78, 5) is 39.9. The molecule has 3 rings (SSSR count). The van der Waals surface area contributed by atoms with Crippen molar-refractivity contribution in [2.45, 2.75) is 20.8 Å². The second-order valence-corrected chi connectivity index (χ2v) is 8.75. The zero-order valence-electron chi connectivity index (χ0n) is 16.1. The van der Waals surface area contributed by atoms with Crippen molar-refractivity contribution in [1.29, 1.82) is 0 Å². The standard InChI is InChI=1S/C24H21O3P/c1-16-7-4-10-19(13-16)22(25)28(23(26)20-11-5-8-17(2)14-20)24(27)21-12-6-9-18(3)15-21/h4-15H,1-3H3. The molecule has 0 amide bonds. The van der Waals surface area contributed by atoms with Crippen LogP contribution in [0.15, 0.2) is 72.8 Å². The SMILES string of the molecule is Cc1cccc(C(=O)P(C(=O)c2cccc(C)c2)C(=O)c2cccc(C)c2)c1. The number of benzene rings is 3. The summed E-state index contributed by atoms with van der Waals surface area (Å²) in [7, 11) is -2.23. The van der Waals surface area contributed by atoms with E-state index in [2.05, 4.69) is 0 Å². The van der Waals surface area contributed by atoms with Crippen LogP contribution >= 0.6 is 7.92 Å². The summed E-state index contributed by atoms with van der Waals surface area (Å²) in [6.45, 7) is 5.64. The minimum absolute atomic E-state index is 0.396. The summed E-state index contributed by atoms with van der Waals surface area (Å²) >= 11 is 0. The van der Waals surface area contributed by atoms with Crippen molar-refractivity contribution in [2.75, 3.05) is 0 Å². The molecule has 0 N–H and O–H groups in total. The van der Waals surface area contributed by atoms with Crippen LogP contribution in [0.1, 0.15) is 47.8 Å². The lowest BCUT2D eigenvalue weighted by molar-refractivity contribution is 0.102. The van der Waals surface area contributed by atoms with Crippen molar-refractivity contribution in [2.24, 2.45) is 0 Å². The summed E-state index contributed by atoms with van der Waals surface area (Å²) in [5.41, 5.74) is 2.70. The lowest BCUT2D eigenvalue weighted by Gasteiger charge is -2.15. The molecule has 0 fully saturated rings. The molecule has 0 aliphatic heterocycles. The molecule has 0 aliphatic carbocycles. The molecule has 0 bridgehead atoms. The van der Waals surface area contributed by atoms with E-state index in [0.29, 0.717) is 16.7 Å². The van der Waals surface area contributed by atoms with Gasteiger partial charge >= 0.3 is 0 Å². The lowest BCUT2D eigenvalue weighted by atomic mass is 10.1. The van der Waals surface area contributed by atoms with E-state index in [1.165, 1.54) is 0 Å². The van der Waals surface area contributed by atoms with Gasteiger partial charge in [0.1, 0.15) is 7.92 Å². The Bertz CT molecular complexity index is 932. The van der Waals surface area contributed by atoms with Crippen LogP contribution in [0.25, 0.3) is 0 Å². The van der Waals surface area contributed by atoms with Crippen molar-refractivity contribution in [3.05, 3.63) is 106 Å². The quantitative estimate of drug-likeness (QED) is 0.493. The molecule has 0 saturated carbocycles. The Balaban J connectivity index is 2.09.